The van der Waals surface area contributed by atoms with Gasteiger partial charge in [-0.1, -0.05) is 0 Å². The second kappa shape index (κ2) is 7.49. The fourth-order valence-corrected chi connectivity index (χ4v) is 2.78. The zero-order chi connectivity index (χ0) is 16.9. The highest BCUT2D eigenvalue weighted by Crippen LogP contribution is 2.17. The van der Waals surface area contributed by atoms with Gasteiger partial charge in [0.2, 0.25) is 0 Å². The summed E-state index contributed by atoms with van der Waals surface area (Å²) in [6.45, 7) is 4.58. The first-order valence-electron chi connectivity index (χ1n) is 8.42. The number of carbonyl (C=O) groups is 1. The first-order chi connectivity index (χ1) is 11.7. The van der Waals surface area contributed by atoms with Gasteiger partial charge < -0.3 is 15.0 Å². The van der Waals surface area contributed by atoms with E-state index in [1.165, 1.54) is 0 Å². The molecule has 1 saturated heterocycles. The number of carbonyl (C=O) groups excluding carboxylic acids is 1. The van der Waals surface area contributed by atoms with Crippen LogP contribution in [0.25, 0.3) is 0 Å². The first kappa shape index (κ1) is 16.5. The van der Waals surface area contributed by atoms with Gasteiger partial charge in [0, 0.05) is 37.6 Å². The molecule has 0 radical (unpaired) electrons. The Bertz CT molecular complexity index is 675. The minimum atomic E-state index is -0.127. The zero-order valence-corrected chi connectivity index (χ0v) is 14.2. The fraction of sp³-hybridized carbons (Fsp3) is 0.444. The van der Waals surface area contributed by atoms with Crippen molar-refractivity contribution in [2.45, 2.75) is 32.4 Å². The van der Waals surface area contributed by atoms with E-state index in [0.29, 0.717) is 11.3 Å². The van der Waals surface area contributed by atoms with Crippen molar-refractivity contribution < 1.29 is 9.53 Å². The van der Waals surface area contributed by atoms with Gasteiger partial charge in [0.1, 0.15) is 0 Å². The average Bonchev–Trinajstić information content (AvgIpc) is 3.27. The largest absolute Gasteiger partial charge is 0.376 e. The van der Waals surface area contributed by atoms with Gasteiger partial charge in [-0.25, -0.2) is 0 Å². The molecule has 0 bridgehead atoms. The number of aromatic nitrogens is 2. The summed E-state index contributed by atoms with van der Waals surface area (Å²) in [6.07, 6.45) is 5.93. The van der Waals surface area contributed by atoms with E-state index >= 15 is 0 Å². The molecule has 0 aliphatic carbocycles. The van der Waals surface area contributed by atoms with Gasteiger partial charge >= 0.3 is 0 Å². The van der Waals surface area contributed by atoms with Crippen molar-refractivity contribution in [2.75, 3.05) is 30.4 Å². The maximum Gasteiger partial charge on any atom is 0.255 e. The minimum Gasteiger partial charge on any atom is -0.376 e. The van der Waals surface area contributed by atoms with Crippen LogP contribution in [0, 0.1) is 0 Å². The van der Waals surface area contributed by atoms with E-state index in [0.717, 1.165) is 38.2 Å². The number of benzene rings is 1. The van der Waals surface area contributed by atoms with Crippen molar-refractivity contribution in [1.29, 1.82) is 0 Å². The Morgan fingerprint density at radius 1 is 1.42 bits per heavy atom. The SMILES string of the molecule is CCN(C)c1ccc(C(=O)Nc2cnn(C[C@H]3CCCO3)c2)cc1. The summed E-state index contributed by atoms with van der Waals surface area (Å²) in [5, 5.41) is 7.18. The topological polar surface area (TPSA) is 59.4 Å². The molecule has 1 aliphatic rings. The van der Waals surface area contributed by atoms with Crippen LogP contribution in [0.1, 0.15) is 30.1 Å². The van der Waals surface area contributed by atoms with Gasteiger partial charge in [-0.05, 0) is 44.0 Å². The Morgan fingerprint density at radius 2 is 2.21 bits per heavy atom. The maximum absolute atomic E-state index is 12.3. The molecule has 24 heavy (non-hydrogen) atoms. The first-order valence-corrected chi connectivity index (χ1v) is 8.42. The van der Waals surface area contributed by atoms with Crippen LogP contribution in [0.2, 0.25) is 0 Å². The van der Waals surface area contributed by atoms with Gasteiger partial charge in [0.25, 0.3) is 5.91 Å². The van der Waals surface area contributed by atoms with E-state index < -0.39 is 0 Å². The van der Waals surface area contributed by atoms with Crippen LogP contribution in [0.3, 0.4) is 0 Å². The molecule has 0 saturated carbocycles. The number of nitrogens with zero attached hydrogens (tertiary/aromatic N) is 3. The van der Waals surface area contributed by atoms with Crippen molar-refractivity contribution in [2.24, 2.45) is 0 Å². The highest BCUT2D eigenvalue weighted by atomic mass is 16.5. The molecule has 3 rings (SSSR count). The second-order valence-corrected chi connectivity index (χ2v) is 6.10. The van der Waals surface area contributed by atoms with Crippen molar-refractivity contribution in [3.63, 3.8) is 0 Å². The molecule has 1 fully saturated rings. The number of nitrogens with one attached hydrogen (secondary N) is 1. The third-order valence-corrected chi connectivity index (χ3v) is 4.35. The lowest BCUT2D eigenvalue weighted by atomic mass is 10.2. The van der Waals surface area contributed by atoms with Gasteiger partial charge in [-0.15, -0.1) is 0 Å². The van der Waals surface area contributed by atoms with Crippen molar-refractivity contribution >= 4 is 17.3 Å². The normalized spacial score (nSPS) is 17.0. The maximum atomic E-state index is 12.3. The van der Waals surface area contributed by atoms with E-state index in [9.17, 15) is 4.79 Å². The summed E-state index contributed by atoms with van der Waals surface area (Å²) in [6, 6.07) is 7.60. The summed E-state index contributed by atoms with van der Waals surface area (Å²) in [7, 11) is 2.03. The molecule has 1 amide bonds. The number of amides is 1. The molecule has 1 atom stereocenters. The molecular weight excluding hydrogens is 304 g/mol. The molecule has 128 valence electrons. The monoisotopic (exact) mass is 328 g/mol. The lowest BCUT2D eigenvalue weighted by Crippen LogP contribution is -2.16. The fourth-order valence-electron chi connectivity index (χ4n) is 2.78. The number of anilines is 2. The standard InChI is InChI=1S/C18H24N4O2/c1-3-21(2)16-8-6-14(7-9-16)18(23)20-15-11-19-22(12-15)13-17-5-4-10-24-17/h6-9,11-12,17H,3-5,10,13H2,1-2H3,(H,20,23)/t17-/m1/s1. The molecule has 1 N–H and O–H groups in total. The van der Waals surface area contributed by atoms with Crippen molar-refractivity contribution in [1.82, 2.24) is 9.78 Å². The molecule has 1 aromatic carbocycles. The van der Waals surface area contributed by atoms with Gasteiger partial charge in [-0.3, -0.25) is 9.48 Å². The van der Waals surface area contributed by atoms with E-state index in [-0.39, 0.29) is 12.0 Å². The molecule has 2 heterocycles. The number of ether oxygens (including phenoxy) is 1. The third-order valence-electron chi connectivity index (χ3n) is 4.35. The highest BCUT2D eigenvalue weighted by Gasteiger charge is 2.16. The Morgan fingerprint density at radius 3 is 2.88 bits per heavy atom. The second-order valence-electron chi connectivity index (χ2n) is 6.10. The average molecular weight is 328 g/mol. The van der Waals surface area contributed by atoms with Gasteiger partial charge in [-0.2, -0.15) is 5.10 Å². The third kappa shape index (κ3) is 3.94. The van der Waals surface area contributed by atoms with Crippen LogP contribution in [-0.4, -0.2) is 42.0 Å². The lowest BCUT2D eigenvalue weighted by molar-refractivity contribution is 0.0940. The number of hydrogen-bond donors (Lipinski definition) is 1. The van der Waals surface area contributed by atoms with Crippen molar-refractivity contribution in [3.05, 3.63) is 42.2 Å². The predicted octanol–water partition coefficient (Wildman–Crippen LogP) is 2.77. The van der Waals surface area contributed by atoms with Crippen LogP contribution in [0.4, 0.5) is 11.4 Å². The van der Waals surface area contributed by atoms with E-state index in [1.807, 2.05) is 42.2 Å². The lowest BCUT2D eigenvalue weighted by Gasteiger charge is -2.16. The molecule has 2 aromatic rings. The molecule has 1 aliphatic heterocycles. The van der Waals surface area contributed by atoms with Gasteiger partial charge in [0.05, 0.1) is 24.5 Å². The van der Waals surface area contributed by atoms with Gasteiger partial charge in [0.15, 0.2) is 0 Å². The quantitative estimate of drug-likeness (QED) is 0.886. The molecule has 6 nitrogen and oxygen atoms in total. The molecule has 0 spiro atoms. The summed E-state index contributed by atoms with van der Waals surface area (Å²) in [5.74, 6) is -0.127. The molecule has 6 heteroatoms. The number of rotatable bonds is 6. The Labute approximate surface area is 142 Å². The smallest absolute Gasteiger partial charge is 0.255 e. The predicted molar refractivity (Wildman–Crippen MR) is 94.5 cm³/mol. The van der Waals surface area contributed by atoms with Crippen LogP contribution >= 0.6 is 0 Å². The highest BCUT2D eigenvalue weighted by molar-refractivity contribution is 6.04. The van der Waals surface area contributed by atoms with Crippen LogP contribution in [-0.2, 0) is 11.3 Å². The van der Waals surface area contributed by atoms with Crippen molar-refractivity contribution in [3.8, 4) is 0 Å². The molecular formula is C18H24N4O2. The van der Waals surface area contributed by atoms with Crippen LogP contribution in [0.15, 0.2) is 36.7 Å². The summed E-state index contributed by atoms with van der Waals surface area (Å²) >= 11 is 0. The van der Waals surface area contributed by atoms with E-state index in [4.69, 9.17) is 4.74 Å². The summed E-state index contributed by atoms with van der Waals surface area (Å²) in [5.41, 5.74) is 2.43. The van der Waals surface area contributed by atoms with Crippen LogP contribution < -0.4 is 10.2 Å². The van der Waals surface area contributed by atoms with E-state index in [1.54, 1.807) is 6.20 Å². The van der Waals surface area contributed by atoms with E-state index in [2.05, 4.69) is 22.2 Å². The number of hydrogen-bond acceptors (Lipinski definition) is 4. The Kier molecular flexibility index (Phi) is 5.15. The van der Waals surface area contributed by atoms with Crippen LogP contribution in [0.5, 0.6) is 0 Å². The summed E-state index contributed by atoms with van der Waals surface area (Å²) in [4.78, 5) is 14.5. The Balaban J connectivity index is 1.59. The molecule has 0 unspecified atom stereocenters. The Hall–Kier alpha value is -2.34. The molecule has 1 aromatic heterocycles. The summed E-state index contributed by atoms with van der Waals surface area (Å²) < 4.78 is 7.43. The minimum absolute atomic E-state index is 0.127. The zero-order valence-electron chi connectivity index (χ0n) is 14.2.